The second-order valence-corrected chi connectivity index (χ2v) is 5.88. The van der Waals surface area contributed by atoms with Crippen LogP contribution in [0.5, 0.6) is 0 Å². The van der Waals surface area contributed by atoms with E-state index < -0.39 is 42.1 Å². The van der Waals surface area contributed by atoms with Crippen molar-refractivity contribution in [2.45, 2.75) is 31.0 Å². The van der Waals surface area contributed by atoms with Gasteiger partial charge in [-0.15, -0.1) is 0 Å². The molecule has 1 amide bonds. The van der Waals surface area contributed by atoms with Crippen LogP contribution in [-0.2, 0) is 22.1 Å². The van der Waals surface area contributed by atoms with Crippen molar-refractivity contribution in [2.24, 2.45) is 0 Å². The summed E-state index contributed by atoms with van der Waals surface area (Å²) in [4.78, 5) is 24.7. The molecule has 1 N–H and O–H groups in total. The van der Waals surface area contributed by atoms with Crippen molar-refractivity contribution in [3.8, 4) is 0 Å². The Bertz CT molecular complexity index is 746. The number of benzene rings is 1. The number of nitrogens with one attached hydrogen (secondary N) is 1. The van der Waals surface area contributed by atoms with Crippen LogP contribution in [0.3, 0.4) is 0 Å². The average Bonchev–Trinajstić information content (AvgIpc) is 2.53. The molecule has 11 heteroatoms. The maximum Gasteiger partial charge on any atom is 0.490 e. The van der Waals surface area contributed by atoms with Crippen LogP contribution in [0.25, 0.3) is 0 Å². The van der Waals surface area contributed by atoms with Crippen molar-refractivity contribution in [3.63, 3.8) is 0 Å². The Labute approximate surface area is 142 Å². The lowest BCUT2D eigenvalue weighted by atomic mass is 9.87. The largest absolute Gasteiger partial charge is 0.490 e. The Balaban J connectivity index is 1.96. The zero-order chi connectivity index (χ0) is 19.3. The summed E-state index contributed by atoms with van der Waals surface area (Å²) in [6.45, 7) is 0.103. The van der Waals surface area contributed by atoms with Gasteiger partial charge in [-0.1, -0.05) is 6.07 Å². The summed E-state index contributed by atoms with van der Waals surface area (Å²) in [6, 6.07) is 1.97. The second kappa shape index (κ2) is 6.15. The highest BCUT2D eigenvalue weighted by molar-refractivity contribution is 5.97. The van der Waals surface area contributed by atoms with Gasteiger partial charge < -0.3 is 9.64 Å². The van der Waals surface area contributed by atoms with E-state index in [1.54, 1.807) is 0 Å². The molecule has 0 radical (unpaired) electrons. The molecular formula is C15H12F6N2O3. The standard InChI is InChI=1S/C15H12F6N2O3/c16-14(17,18)9-3-1-2-7-8(9)6-10-11(26-13(25)15(19,20)21)22-4-5-23(10)12(7)24/h1-3,10-11,22H,4-6H2/t10-,11?/m1/s1. The third-order valence-corrected chi connectivity index (χ3v) is 4.30. The lowest BCUT2D eigenvalue weighted by molar-refractivity contribution is -0.210. The van der Waals surface area contributed by atoms with E-state index >= 15 is 0 Å². The minimum Gasteiger partial charge on any atom is -0.438 e. The van der Waals surface area contributed by atoms with Gasteiger partial charge in [0.25, 0.3) is 5.91 Å². The Morgan fingerprint density at radius 2 is 1.88 bits per heavy atom. The van der Waals surface area contributed by atoms with E-state index in [2.05, 4.69) is 10.1 Å². The minimum absolute atomic E-state index is 0.0341. The van der Waals surface area contributed by atoms with Crippen molar-refractivity contribution in [1.82, 2.24) is 10.2 Å². The molecule has 0 bridgehead atoms. The van der Waals surface area contributed by atoms with Crippen molar-refractivity contribution in [2.75, 3.05) is 13.1 Å². The molecule has 0 aliphatic carbocycles. The summed E-state index contributed by atoms with van der Waals surface area (Å²) >= 11 is 0. The minimum atomic E-state index is -5.25. The van der Waals surface area contributed by atoms with Crippen molar-refractivity contribution in [3.05, 3.63) is 34.9 Å². The predicted octanol–water partition coefficient (Wildman–Crippen LogP) is 2.11. The monoisotopic (exact) mass is 382 g/mol. The number of halogens is 6. The van der Waals surface area contributed by atoms with Gasteiger partial charge in [0.1, 0.15) is 0 Å². The highest BCUT2D eigenvalue weighted by Crippen LogP contribution is 2.38. The number of amides is 1. The van der Waals surface area contributed by atoms with E-state index in [1.807, 2.05) is 0 Å². The van der Waals surface area contributed by atoms with E-state index in [0.29, 0.717) is 0 Å². The fraction of sp³-hybridized carbons (Fsp3) is 0.467. The van der Waals surface area contributed by atoms with Crippen molar-refractivity contribution < 1.29 is 40.7 Å². The maximum atomic E-state index is 13.2. The molecule has 0 spiro atoms. The third-order valence-electron chi connectivity index (χ3n) is 4.30. The maximum absolute atomic E-state index is 13.2. The number of fused-ring (bicyclic) bond motifs is 2. The van der Waals surface area contributed by atoms with Gasteiger partial charge in [-0.05, 0) is 24.1 Å². The number of alkyl halides is 6. The molecule has 1 aromatic carbocycles. The molecule has 2 aliphatic heterocycles. The topological polar surface area (TPSA) is 58.6 Å². The summed E-state index contributed by atoms with van der Waals surface area (Å²) in [5, 5.41) is 2.51. The van der Waals surface area contributed by atoms with Gasteiger partial charge >= 0.3 is 18.3 Å². The molecule has 2 aliphatic rings. The zero-order valence-corrected chi connectivity index (χ0v) is 12.9. The SMILES string of the molecule is O=C1c2cccc(C(F)(F)F)c2C[C@@H]2C(OC(=O)C(F)(F)F)NCCN12. The summed E-state index contributed by atoms with van der Waals surface area (Å²) in [5.41, 5.74) is -1.50. The highest BCUT2D eigenvalue weighted by Gasteiger charge is 2.48. The molecule has 2 atom stereocenters. The van der Waals surface area contributed by atoms with Gasteiger partial charge in [-0.3, -0.25) is 10.1 Å². The summed E-state index contributed by atoms with van der Waals surface area (Å²) in [7, 11) is 0. The molecule has 26 heavy (non-hydrogen) atoms. The molecule has 0 aromatic heterocycles. The normalized spacial score (nSPS) is 23.3. The first-order valence-electron chi connectivity index (χ1n) is 7.51. The first kappa shape index (κ1) is 18.5. The van der Waals surface area contributed by atoms with Gasteiger partial charge in [-0.2, -0.15) is 26.3 Å². The van der Waals surface area contributed by atoms with Crippen LogP contribution in [0.2, 0.25) is 0 Å². The molecule has 1 saturated heterocycles. The molecule has 2 heterocycles. The van der Waals surface area contributed by atoms with Crippen LogP contribution in [0.15, 0.2) is 18.2 Å². The Morgan fingerprint density at radius 1 is 1.19 bits per heavy atom. The quantitative estimate of drug-likeness (QED) is 0.597. The second-order valence-electron chi connectivity index (χ2n) is 5.88. The number of carbonyl (C=O) groups is 2. The first-order chi connectivity index (χ1) is 12.0. The molecule has 142 valence electrons. The van der Waals surface area contributed by atoms with Crippen molar-refractivity contribution >= 4 is 11.9 Å². The number of nitrogens with zero attached hydrogens (tertiary/aromatic N) is 1. The van der Waals surface area contributed by atoms with Gasteiger partial charge in [0.15, 0.2) is 6.23 Å². The molecule has 1 aromatic rings. The van der Waals surface area contributed by atoms with E-state index in [0.717, 1.165) is 17.0 Å². The number of carbonyl (C=O) groups excluding carboxylic acids is 2. The number of ether oxygens (including phenoxy) is 1. The van der Waals surface area contributed by atoms with Crippen LogP contribution in [-0.4, -0.2) is 48.3 Å². The van der Waals surface area contributed by atoms with Gasteiger partial charge in [0, 0.05) is 18.7 Å². The lowest BCUT2D eigenvalue weighted by Gasteiger charge is -2.44. The van der Waals surface area contributed by atoms with Crippen molar-refractivity contribution in [1.29, 1.82) is 0 Å². The third kappa shape index (κ3) is 3.22. The van der Waals surface area contributed by atoms with Crippen LogP contribution < -0.4 is 5.32 Å². The zero-order valence-electron chi connectivity index (χ0n) is 12.9. The van der Waals surface area contributed by atoms with E-state index in [9.17, 15) is 35.9 Å². The fourth-order valence-electron chi connectivity index (χ4n) is 3.20. The first-order valence-corrected chi connectivity index (χ1v) is 7.51. The van der Waals surface area contributed by atoms with Crippen LogP contribution in [0.1, 0.15) is 21.5 Å². The molecular weight excluding hydrogens is 370 g/mol. The summed E-state index contributed by atoms with van der Waals surface area (Å²) < 4.78 is 81.3. The molecule has 3 rings (SSSR count). The average molecular weight is 382 g/mol. The number of piperazine rings is 1. The smallest absolute Gasteiger partial charge is 0.438 e. The van der Waals surface area contributed by atoms with Crippen LogP contribution in [0.4, 0.5) is 26.3 Å². The molecule has 1 unspecified atom stereocenters. The van der Waals surface area contributed by atoms with E-state index in [4.69, 9.17) is 0 Å². The number of esters is 1. The molecule has 1 fully saturated rings. The highest BCUT2D eigenvalue weighted by atomic mass is 19.4. The predicted molar refractivity (Wildman–Crippen MR) is 73.9 cm³/mol. The molecule has 0 saturated carbocycles. The molecule has 5 nitrogen and oxygen atoms in total. The fourth-order valence-corrected chi connectivity index (χ4v) is 3.20. The summed E-state index contributed by atoms with van der Waals surface area (Å²) in [5.74, 6) is -3.21. The lowest BCUT2D eigenvalue weighted by Crippen LogP contribution is -2.64. The van der Waals surface area contributed by atoms with Crippen LogP contribution >= 0.6 is 0 Å². The van der Waals surface area contributed by atoms with Gasteiger partial charge in [0.2, 0.25) is 0 Å². The van der Waals surface area contributed by atoms with Crippen LogP contribution in [0, 0.1) is 0 Å². The number of hydrogen-bond acceptors (Lipinski definition) is 4. The van der Waals surface area contributed by atoms with E-state index in [1.165, 1.54) is 6.07 Å². The van der Waals surface area contributed by atoms with E-state index in [-0.39, 0.29) is 30.6 Å². The number of hydrogen-bond donors (Lipinski definition) is 1. The Hall–Kier alpha value is -2.30. The number of rotatable bonds is 1. The Kier molecular flexibility index (Phi) is 4.37. The summed E-state index contributed by atoms with van der Waals surface area (Å²) in [6.07, 6.45) is -11.9. The van der Waals surface area contributed by atoms with Gasteiger partial charge in [-0.25, -0.2) is 4.79 Å². The Morgan fingerprint density at radius 3 is 2.50 bits per heavy atom. The van der Waals surface area contributed by atoms with Gasteiger partial charge in [0.05, 0.1) is 11.6 Å².